The van der Waals surface area contributed by atoms with Crippen LogP contribution in [-0.2, 0) is 25.7 Å². The molecule has 1 aliphatic heterocycles. The molecule has 0 saturated carbocycles. The number of rotatable bonds is 7. The van der Waals surface area contributed by atoms with Crippen LogP contribution in [0.5, 0.6) is 5.75 Å². The van der Waals surface area contributed by atoms with E-state index in [0.717, 1.165) is 31.6 Å². The minimum absolute atomic E-state index is 0.139. The smallest absolute Gasteiger partial charge is 0.199 e. The third-order valence-electron chi connectivity index (χ3n) is 5.62. The first-order valence-electron chi connectivity index (χ1n) is 12.1. The molecule has 4 rings (SSSR count). The van der Waals surface area contributed by atoms with Crippen LogP contribution < -0.4 is 14.5 Å². The lowest BCUT2D eigenvalue weighted by Crippen LogP contribution is -2.25. The Balaban J connectivity index is 0.000000695. The number of benzene rings is 3. The van der Waals surface area contributed by atoms with Crippen molar-refractivity contribution in [3.05, 3.63) is 72.8 Å². The number of hydrogen-bond acceptors (Lipinski definition) is 7. The zero-order valence-electron chi connectivity index (χ0n) is 22.1. The van der Waals surface area contributed by atoms with E-state index in [0.29, 0.717) is 6.26 Å². The number of hydrogen-bond donors (Lipinski definition) is 0. The van der Waals surface area contributed by atoms with E-state index in [1.54, 1.807) is 0 Å². The Morgan fingerprint density at radius 1 is 0.838 bits per heavy atom. The lowest BCUT2D eigenvalue weighted by Gasteiger charge is -2.23. The van der Waals surface area contributed by atoms with Gasteiger partial charge in [-0.05, 0) is 73.5 Å². The summed E-state index contributed by atoms with van der Waals surface area (Å²) < 4.78 is 39.2. The quantitative estimate of drug-likeness (QED) is 0.306. The van der Waals surface area contributed by atoms with Crippen LogP contribution in [0.25, 0.3) is 0 Å². The van der Waals surface area contributed by atoms with E-state index in [9.17, 15) is 0 Å². The highest BCUT2D eigenvalue weighted by molar-refractivity contribution is 7.97. The van der Waals surface area contributed by atoms with Crippen LogP contribution in [-0.4, -0.2) is 60.3 Å². The number of anilines is 2. The molecule has 3 aromatic rings. The van der Waals surface area contributed by atoms with Crippen molar-refractivity contribution in [2.45, 2.75) is 40.2 Å². The van der Waals surface area contributed by atoms with Gasteiger partial charge in [-0.3, -0.25) is 0 Å². The van der Waals surface area contributed by atoms with E-state index in [2.05, 4.69) is 105 Å². The first-order chi connectivity index (χ1) is 17.5. The van der Waals surface area contributed by atoms with E-state index < -0.39 is 10.1 Å². The Morgan fingerprint density at radius 2 is 1.35 bits per heavy atom. The summed E-state index contributed by atoms with van der Waals surface area (Å²) in [6.07, 6.45) is 3.70. The lowest BCUT2D eigenvalue weighted by molar-refractivity contribution is -0.106. The summed E-state index contributed by atoms with van der Waals surface area (Å²) in [6, 6.07) is 26.3. The van der Waals surface area contributed by atoms with Gasteiger partial charge in [0.15, 0.2) is 21.0 Å². The van der Waals surface area contributed by atoms with Crippen molar-refractivity contribution in [1.29, 1.82) is 0 Å². The number of ether oxygens (including phenoxy) is 2. The van der Waals surface area contributed by atoms with Gasteiger partial charge in [0.25, 0.3) is 0 Å². The van der Waals surface area contributed by atoms with Crippen LogP contribution >= 0.6 is 0 Å². The van der Waals surface area contributed by atoms with E-state index in [1.165, 1.54) is 26.1 Å². The van der Waals surface area contributed by atoms with E-state index in [1.807, 2.05) is 6.07 Å². The van der Waals surface area contributed by atoms with E-state index in [-0.39, 0.29) is 17.2 Å². The molecule has 1 atom stereocenters. The van der Waals surface area contributed by atoms with Crippen LogP contribution in [0.3, 0.4) is 0 Å². The predicted molar refractivity (Wildman–Crippen MR) is 150 cm³/mol. The highest BCUT2D eigenvalue weighted by Crippen LogP contribution is 2.35. The van der Waals surface area contributed by atoms with Crippen molar-refractivity contribution in [2.24, 2.45) is 0 Å². The largest absolute Gasteiger partial charge is 0.748 e. The first-order valence-corrected chi connectivity index (χ1v) is 15.1. The van der Waals surface area contributed by atoms with Crippen LogP contribution in [0.15, 0.2) is 87.5 Å². The van der Waals surface area contributed by atoms with Gasteiger partial charge in [0.1, 0.15) is 5.75 Å². The second kappa shape index (κ2) is 13.2. The Morgan fingerprint density at radius 3 is 1.78 bits per heavy atom. The molecule has 0 radical (unpaired) electrons. The topological polar surface area (TPSA) is 82.1 Å². The normalized spacial score (nSPS) is 15.5. The average molecular weight is 545 g/mol. The molecule has 0 N–H and O–H groups in total. The SMILES string of the molecule is CN(C)c1ccc([S+](c2ccc(N(C)C)cc2)c2cccc(OC3CCCCO3)c2)cc1.CS(=O)(=O)[O-]. The van der Waals surface area contributed by atoms with Crippen LogP contribution in [0.2, 0.25) is 0 Å². The lowest BCUT2D eigenvalue weighted by atomic mass is 10.2. The Bertz CT molecular complexity index is 1160. The van der Waals surface area contributed by atoms with Gasteiger partial charge in [-0.2, -0.15) is 0 Å². The average Bonchev–Trinajstić information content (AvgIpc) is 2.85. The zero-order valence-corrected chi connectivity index (χ0v) is 23.7. The molecule has 1 fully saturated rings. The van der Waals surface area contributed by atoms with Crippen molar-refractivity contribution < 1.29 is 22.4 Å². The third-order valence-corrected chi connectivity index (χ3v) is 7.84. The minimum Gasteiger partial charge on any atom is -0.748 e. The molecular formula is C28H36N2O5S2. The summed E-state index contributed by atoms with van der Waals surface area (Å²) in [5.41, 5.74) is 2.40. The van der Waals surface area contributed by atoms with Crippen LogP contribution in [0.4, 0.5) is 11.4 Å². The molecule has 1 heterocycles. The maximum absolute atomic E-state index is 9.08. The maximum Gasteiger partial charge on any atom is 0.199 e. The summed E-state index contributed by atoms with van der Waals surface area (Å²) in [7, 11) is 4.14. The Labute approximate surface area is 224 Å². The molecular weight excluding hydrogens is 508 g/mol. The van der Waals surface area contributed by atoms with Crippen LogP contribution in [0.1, 0.15) is 19.3 Å². The zero-order chi connectivity index (χ0) is 27.0. The minimum atomic E-state index is -3.92. The highest BCUT2D eigenvalue weighted by Gasteiger charge is 2.30. The van der Waals surface area contributed by atoms with Gasteiger partial charge in [0.2, 0.25) is 0 Å². The summed E-state index contributed by atoms with van der Waals surface area (Å²) in [6.45, 7) is 0.783. The standard InChI is InChI=1S/C27H33N2O2S.CH4O3S/c1-28(2)21-11-15-24(16-12-21)32(25-17-13-22(14-18-25)29(3)4)26-9-7-8-23(20-26)31-27-10-5-6-19-30-27;1-5(2,3)4/h7-9,11-18,20,27H,5-6,10,19H2,1-4H3;1H3,(H,2,3,4)/q+1;/p-1. The summed E-state index contributed by atoms with van der Waals surface area (Å²) in [5, 5.41) is 0. The highest BCUT2D eigenvalue weighted by atomic mass is 32.2. The molecule has 0 amide bonds. The van der Waals surface area contributed by atoms with E-state index in [4.69, 9.17) is 22.4 Å². The van der Waals surface area contributed by atoms with Crippen molar-refractivity contribution in [1.82, 2.24) is 0 Å². The Kier molecular flexibility index (Phi) is 10.3. The molecule has 0 aromatic heterocycles. The van der Waals surface area contributed by atoms with Gasteiger partial charge < -0.3 is 23.8 Å². The molecule has 3 aromatic carbocycles. The Hall–Kier alpha value is -2.72. The van der Waals surface area contributed by atoms with Gasteiger partial charge in [-0.15, -0.1) is 0 Å². The molecule has 200 valence electrons. The first kappa shape index (κ1) is 28.8. The second-order valence-corrected chi connectivity index (χ2v) is 12.6. The van der Waals surface area contributed by atoms with Gasteiger partial charge in [-0.25, -0.2) is 8.42 Å². The van der Waals surface area contributed by atoms with Gasteiger partial charge in [-0.1, -0.05) is 6.07 Å². The van der Waals surface area contributed by atoms with Crippen LogP contribution in [0, 0.1) is 0 Å². The molecule has 1 saturated heterocycles. The van der Waals surface area contributed by atoms with Gasteiger partial charge in [0, 0.05) is 58.3 Å². The third kappa shape index (κ3) is 9.27. The maximum atomic E-state index is 9.08. The van der Waals surface area contributed by atoms with Crippen molar-refractivity contribution in [3.8, 4) is 5.75 Å². The summed E-state index contributed by atoms with van der Waals surface area (Å²) >= 11 is 0. The second-order valence-electron chi connectivity index (χ2n) is 9.18. The summed E-state index contributed by atoms with van der Waals surface area (Å²) in [5.74, 6) is 0.877. The summed E-state index contributed by atoms with van der Waals surface area (Å²) in [4.78, 5) is 8.09. The predicted octanol–water partition coefficient (Wildman–Crippen LogP) is 4.98. The van der Waals surface area contributed by atoms with Crippen molar-refractivity contribution >= 4 is 32.4 Å². The molecule has 1 aliphatic rings. The van der Waals surface area contributed by atoms with E-state index >= 15 is 0 Å². The molecule has 0 aliphatic carbocycles. The monoisotopic (exact) mass is 544 g/mol. The molecule has 0 bridgehead atoms. The fraction of sp³-hybridized carbons (Fsp3) is 0.357. The van der Waals surface area contributed by atoms with Crippen molar-refractivity contribution in [2.75, 3.05) is 50.9 Å². The molecule has 9 heteroatoms. The molecule has 0 spiro atoms. The van der Waals surface area contributed by atoms with Gasteiger partial charge in [0.05, 0.1) is 27.6 Å². The fourth-order valence-corrected chi connectivity index (χ4v) is 5.88. The number of nitrogens with zero attached hydrogens (tertiary/aromatic N) is 2. The van der Waals surface area contributed by atoms with Gasteiger partial charge >= 0.3 is 0 Å². The molecule has 7 nitrogen and oxygen atoms in total. The van der Waals surface area contributed by atoms with Crippen molar-refractivity contribution in [3.63, 3.8) is 0 Å². The molecule has 1 unspecified atom stereocenters. The fourth-order valence-electron chi connectivity index (χ4n) is 3.80. The molecule has 37 heavy (non-hydrogen) atoms.